The average Bonchev–Trinajstić information content (AvgIpc) is 2.96. The van der Waals surface area contributed by atoms with Crippen molar-refractivity contribution < 1.29 is 31.2 Å². The maximum Gasteiger partial charge on any atom is 0.417 e. The number of benzene rings is 2. The maximum absolute atomic E-state index is 13.2. The number of para-hydroxylation sites is 1. The van der Waals surface area contributed by atoms with Crippen molar-refractivity contribution in [1.82, 2.24) is 19.8 Å². The number of piperazine rings is 1. The Labute approximate surface area is 233 Å². The van der Waals surface area contributed by atoms with Crippen molar-refractivity contribution in [2.75, 3.05) is 30.9 Å². The smallest absolute Gasteiger partial charge is 0.335 e. The fourth-order valence-electron chi connectivity index (χ4n) is 4.55. The summed E-state index contributed by atoms with van der Waals surface area (Å²) >= 11 is 0. The number of hydrogen-bond donors (Lipinski definition) is 1. The summed E-state index contributed by atoms with van der Waals surface area (Å²) in [7, 11) is -3.97. The second-order valence-corrected chi connectivity index (χ2v) is 11.1. The molecule has 13 heteroatoms. The highest BCUT2D eigenvalue weighted by atomic mass is 32.2. The molecule has 212 valence electrons. The Morgan fingerprint density at radius 2 is 1.56 bits per heavy atom. The minimum Gasteiger partial charge on any atom is -0.335 e. The van der Waals surface area contributed by atoms with Crippen LogP contribution in [-0.2, 0) is 16.2 Å². The number of carbonyl (C=O) groups is 2. The van der Waals surface area contributed by atoms with E-state index < -0.39 is 27.7 Å². The lowest BCUT2D eigenvalue weighted by atomic mass is 10.1. The van der Waals surface area contributed by atoms with Crippen LogP contribution in [-0.4, -0.2) is 66.2 Å². The van der Waals surface area contributed by atoms with E-state index in [1.165, 1.54) is 29.3 Å². The molecule has 5 rings (SSSR count). The molecule has 1 aliphatic rings. The van der Waals surface area contributed by atoms with Crippen LogP contribution in [0.3, 0.4) is 0 Å². The Balaban J connectivity index is 1.24. The van der Waals surface area contributed by atoms with E-state index in [0.29, 0.717) is 33.9 Å². The van der Waals surface area contributed by atoms with Gasteiger partial charge in [-0.25, -0.2) is 8.42 Å². The van der Waals surface area contributed by atoms with E-state index >= 15 is 0 Å². The summed E-state index contributed by atoms with van der Waals surface area (Å²) in [5.74, 6) is -0.805. The number of rotatable bonds is 5. The van der Waals surface area contributed by atoms with Gasteiger partial charge in [-0.1, -0.05) is 18.2 Å². The lowest BCUT2D eigenvalue weighted by Gasteiger charge is -2.34. The van der Waals surface area contributed by atoms with Gasteiger partial charge in [-0.2, -0.15) is 13.2 Å². The molecule has 3 heterocycles. The number of sulfonamides is 1. The number of fused-ring (bicyclic) bond motifs is 1. The highest BCUT2D eigenvalue weighted by molar-refractivity contribution is 7.93. The van der Waals surface area contributed by atoms with Crippen LogP contribution in [0.1, 0.15) is 32.0 Å². The summed E-state index contributed by atoms with van der Waals surface area (Å²) in [4.78, 5) is 36.7. The van der Waals surface area contributed by atoms with Gasteiger partial charge in [0.25, 0.3) is 21.8 Å². The monoisotopic (exact) mass is 583 g/mol. The number of alkyl halides is 3. The summed E-state index contributed by atoms with van der Waals surface area (Å²) in [6, 6.07) is 14.9. The van der Waals surface area contributed by atoms with Crippen LogP contribution < -0.4 is 4.72 Å². The van der Waals surface area contributed by atoms with E-state index in [1.807, 2.05) is 0 Å². The van der Waals surface area contributed by atoms with Crippen molar-refractivity contribution in [2.24, 2.45) is 0 Å². The zero-order chi connectivity index (χ0) is 29.4. The van der Waals surface area contributed by atoms with Gasteiger partial charge in [0.15, 0.2) is 0 Å². The Kier molecular flexibility index (Phi) is 7.39. The molecule has 1 fully saturated rings. The number of nitrogens with zero attached hydrogens (tertiary/aromatic N) is 4. The quantitative estimate of drug-likeness (QED) is 0.374. The first-order chi connectivity index (χ1) is 19.4. The minimum absolute atomic E-state index is 0.0362. The van der Waals surface area contributed by atoms with Crippen molar-refractivity contribution in [1.29, 1.82) is 0 Å². The lowest BCUT2D eigenvalue weighted by Crippen LogP contribution is -2.50. The van der Waals surface area contributed by atoms with Crippen molar-refractivity contribution in [2.45, 2.75) is 18.0 Å². The number of hydrogen-bond acceptors (Lipinski definition) is 6. The molecule has 0 atom stereocenters. The third-order valence-corrected chi connectivity index (χ3v) is 8.16. The van der Waals surface area contributed by atoms with Gasteiger partial charge in [-0.3, -0.25) is 24.3 Å². The molecule has 1 aliphatic heterocycles. The SMILES string of the molecule is Cc1cc(C(=O)N2CCN(C(=O)c3ccc(C(F)(F)F)cn3)CC2)ccc1NS(=O)(=O)c1cccc2cccnc12. The standard InChI is InChI=1S/C28H24F3N5O4S/c1-18-16-20(7-9-22(18)34-41(39,40)24-6-2-4-19-5-3-11-32-25(19)24)26(37)35-12-14-36(15-13-35)27(38)23-10-8-21(17-33-23)28(29,30)31/h2-11,16-17,34H,12-15H2,1H3. The average molecular weight is 584 g/mol. The summed E-state index contributed by atoms with van der Waals surface area (Å²) in [6.07, 6.45) is -2.40. The van der Waals surface area contributed by atoms with Gasteiger partial charge in [-0.15, -0.1) is 0 Å². The van der Waals surface area contributed by atoms with Crippen LogP contribution in [0.15, 0.2) is 78.0 Å². The van der Waals surface area contributed by atoms with Crippen LogP contribution in [0.4, 0.5) is 18.9 Å². The number of pyridine rings is 2. The van der Waals surface area contributed by atoms with Crippen molar-refractivity contribution >= 4 is 38.4 Å². The summed E-state index contributed by atoms with van der Waals surface area (Å²) in [5.41, 5.74) is 0.499. The summed E-state index contributed by atoms with van der Waals surface area (Å²) in [6.45, 7) is 2.48. The van der Waals surface area contributed by atoms with Gasteiger partial charge in [0.2, 0.25) is 0 Å². The van der Waals surface area contributed by atoms with Crippen molar-refractivity contribution in [3.05, 3.63) is 95.4 Å². The number of amides is 2. The molecule has 2 aromatic heterocycles. The second-order valence-electron chi connectivity index (χ2n) is 9.48. The second kappa shape index (κ2) is 10.8. The number of halogens is 3. The molecule has 41 heavy (non-hydrogen) atoms. The molecule has 0 unspecified atom stereocenters. The molecule has 2 amide bonds. The molecule has 9 nitrogen and oxygen atoms in total. The third-order valence-electron chi connectivity index (χ3n) is 6.77. The fraction of sp³-hybridized carbons (Fsp3) is 0.214. The van der Waals surface area contributed by atoms with E-state index in [1.54, 1.807) is 42.2 Å². The summed E-state index contributed by atoms with van der Waals surface area (Å²) in [5, 5.41) is 0.686. The molecule has 4 aromatic rings. The molecule has 2 aromatic carbocycles. The first-order valence-electron chi connectivity index (χ1n) is 12.5. The molecule has 0 radical (unpaired) electrons. The topological polar surface area (TPSA) is 113 Å². The molecule has 1 N–H and O–H groups in total. The molecule has 0 spiro atoms. The zero-order valence-corrected chi connectivity index (χ0v) is 22.5. The Morgan fingerprint density at radius 3 is 2.20 bits per heavy atom. The number of aromatic nitrogens is 2. The minimum atomic E-state index is -4.55. The largest absolute Gasteiger partial charge is 0.417 e. The predicted molar refractivity (Wildman–Crippen MR) is 145 cm³/mol. The van der Waals surface area contributed by atoms with E-state index in [9.17, 15) is 31.2 Å². The van der Waals surface area contributed by atoms with E-state index in [4.69, 9.17) is 0 Å². The molecule has 1 saturated heterocycles. The predicted octanol–water partition coefficient (Wildman–Crippen LogP) is 4.36. The van der Waals surface area contributed by atoms with Gasteiger partial charge >= 0.3 is 6.18 Å². The normalized spacial score (nSPS) is 14.2. The Bertz CT molecular complexity index is 1730. The Hall–Kier alpha value is -4.52. The van der Waals surface area contributed by atoms with Crippen LogP contribution in [0.25, 0.3) is 10.9 Å². The van der Waals surface area contributed by atoms with Gasteiger partial charge in [0.05, 0.1) is 16.8 Å². The van der Waals surface area contributed by atoms with Gasteiger partial charge in [0.1, 0.15) is 10.6 Å². The number of nitrogens with one attached hydrogen (secondary N) is 1. The molecular formula is C28H24F3N5O4S. The molecule has 0 saturated carbocycles. The third kappa shape index (κ3) is 5.85. The molecular weight excluding hydrogens is 559 g/mol. The molecule has 0 aliphatic carbocycles. The van der Waals surface area contributed by atoms with Gasteiger partial charge < -0.3 is 9.80 Å². The fourth-order valence-corrected chi connectivity index (χ4v) is 5.86. The van der Waals surface area contributed by atoms with Gasteiger partial charge in [0, 0.05) is 49.5 Å². The van der Waals surface area contributed by atoms with E-state index in [-0.39, 0.29) is 42.7 Å². The van der Waals surface area contributed by atoms with Gasteiger partial charge in [-0.05, 0) is 55.0 Å². The molecule has 0 bridgehead atoms. The maximum atomic E-state index is 13.2. The van der Waals surface area contributed by atoms with Crippen LogP contribution in [0, 0.1) is 6.92 Å². The zero-order valence-electron chi connectivity index (χ0n) is 21.7. The Morgan fingerprint density at radius 1 is 0.878 bits per heavy atom. The van der Waals surface area contributed by atoms with Crippen LogP contribution >= 0.6 is 0 Å². The first kappa shape index (κ1) is 28.0. The van der Waals surface area contributed by atoms with E-state index in [0.717, 1.165) is 12.1 Å². The summed E-state index contributed by atoms with van der Waals surface area (Å²) < 4.78 is 67.2. The number of aryl methyl sites for hydroxylation is 1. The van der Waals surface area contributed by atoms with Crippen molar-refractivity contribution in [3.8, 4) is 0 Å². The highest BCUT2D eigenvalue weighted by Gasteiger charge is 2.32. The first-order valence-corrected chi connectivity index (χ1v) is 14.0. The number of carbonyl (C=O) groups excluding carboxylic acids is 2. The van der Waals surface area contributed by atoms with Crippen LogP contribution in [0.2, 0.25) is 0 Å². The van der Waals surface area contributed by atoms with E-state index in [2.05, 4.69) is 14.7 Å². The van der Waals surface area contributed by atoms with Crippen LogP contribution in [0.5, 0.6) is 0 Å². The number of anilines is 1. The lowest BCUT2D eigenvalue weighted by molar-refractivity contribution is -0.137. The van der Waals surface area contributed by atoms with Crippen molar-refractivity contribution in [3.63, 3.8) is 0 Å². The highest BCUT2D eigenvalue weighted by Crippen LogP contribution is 2.29.